The first kappa shape index (κ1) is 36.1. The maximum Gasteiger partial charge on any atom is 0.272 e. The zero-order valence-corrected chi connectivity index (χ0v) is 29.7. The molecule has 2 aliphatic rings. The van der Waals surface area contributed by atoms with Crippen LogP contribution in [0.1, 0.15) is 59.5 Å². The number of rotatable bonds is 9. The smallest absolute Gasteiger partial charge is 0.272 e. The number of nitrogens with one attached hydrogen (secondary N) is 1. The molecular formula is C38H38Cl4N2O5. The highest BCUT2D eigenvalue weighted by Crippen LogP contribution is 2.40. The van der Waals surface area contributed by atoms with Crippen LogP contribution in [0.2, 0.25) is 5.02 Å². The Balaban J connectivity index is 1.15. The van der Waals surface area contributed by atoms with Crippen LogP contribution >= 0.6 is 46.4 Å². The molecule has 2 saturated heterocycles. The van der Waals surface area contributed by atoms with E-state index in [1.54, 1.807) is 0 Å². The summed E-state index contributed by atoms with van der Waals surface area (Å²) in [6.07, 6.45) is 1.01. The van der Waals surface area contributed by atoms with Crippen LogP contribution in [0.25, 0.3) is 11.1 Å². The van der Waals surface area contributed by atoms with Gasteiger partial charge in [0.15, 0.2) is 6.29 Å². The molecule has 4 aromatic rings. The summed E-state index contributed by atoms with van der Waals surface area (Å²) in [7, 11) is 0. The van der Waals surface area contributed by atoms with Crippen molar-refractivity contribution in [2.75, 3.05) is 19.6 Å². The minimum atomic E-state index is -2.02. The quantitative estimate of drug-likeness (QED) is 0.151. The number of hydrogen-bond donors (Lipinski definition) is 3. The Morgan fingerprint density at radius 1 is 0.857 bits per heavy atom. The molecule has 2 heterocycles. The summed E-state index contributed by atoms with van der Waals surface area (Å²) in [5.74, 6) is -0.680. The van der Waals surface area contributed by atoms with Gasteiger partial charge in [-0.1, -0.05) is 125 Å². The molecule has 3 unspecified atom stereocenters. The van der Waals surface area contributed by atoms with Crippen molar-refractivity contribution in [3.8, 4) is 11.1 Å². The Morgan fingerprint density at radius 3 is 2.18 bits per heavy atom. The lowest BCUT2D eigenvalue weighted by Crippen LogP contribution is -2.46. The van der Waals surface area contributed by atoms with Crippen LogP contribution in [-0.4, -0.2) is 50.6 Å². The normalized spacial score (nSPS) is 21.3. The number of alkyl halides is 3. The maximum atomic E-state index is 12.0. The monoisotopic (exact) mass is 742 g/mol. The van der Waals surface area contributed by atoms with Gasteiger partial charge in [-0.15, -0.1) is 0 Å². The van der Waals surface area contributed by atoms with E-state index >= 15 is 0 Å². The van der Waals surface area contributed by atoms with Gasteiger partial charge in [0.25, 0.3) is 9.70 Å². The summed E-state index contributed by atoms with van der Waals surface area (Å²) < 4.78 is 11.2. The van der Waals surface area contributed by atoms with Crippen LogP contribution < -0.4 is 5.32 Å². The van der Waals surface area contributed by atoms with Gasteiger partial charge in [0.05, 0.1) is 24.4 Å². The number of aliphatic hydroxyl groups excluding tert-OH is 1. The zero-order valence-electron chi connectivity index (χ0n) is 26.7. The number of nitrogens with zero attached hydrogens (tertiary/aromatic N) is 1. The standard InChI is InChI=1S/C38H38Cl4N2O5/c39-32-14-12-31(13-15-32)37(47)16-18-44(19-17-37)23-33-21-34(28-6-4-25(24-45)5-7-28)49-35(48-33)29-10-8-27(9-11-29)30-3-1-2-26(20-30)22-43-36(46)38(40,41)42/h1-15,20,33-35,45,47H,16-19,21-24H2,(H,43,46). The second-order valence-electron chi connectivity index (χ2n) is 12.7. The first-order valence-electron chi connectivity index (χ1n) is 16.2. The zero-order chi connectivity index (χ0) is 34.6. The van der Waals surface area contributed by atoms with E-state index < -0.39 is 21.6 Å². The molecule has 0 radical (unpaired) electrons. The summed E-state index contributed by atoms with van der Waals surface area (Å²) in [5.41, 5.74) is 5.62. The van der Waals surface area contributed by atoms with Crippen LogP contribution in [-0.2, 0) is 33.0 Å². The lowest BCUT2D eigenvalue weighted by atomic mass is 9.84. The predicted molar refractivity (Wildman–Crippen MR) is 193 cm³/mol. The molecule has 1 amide bonds. The summed E-state index contributed by atoms with van der Waals surface area (Å²) >= 11 is 23.1. The van der Waals surface area contributed by atoms with Crippen LogP contribution in [0.3, 0.4) is 0 Å². The molecule has 0 spiro atoms. The number of likely N-dealkylation sites (tertiary alicyclic amines) is 1. The van der Waals surface area contributed by atoms with Gasteiger partial charge < -0.3 is 29.9 Å². The molecule has 3 atom stereocenters. The van der Waals surface area contributed by atoms with Crippen molar-refractivity contribution in [2.45, 2.75) is 60.3 Å². The molecule has 0 aliphatic carbocycles. The van der Waals surface area contributed by atoms with Crippen molar-refractivity contribution in [3.63, 3.8) is 0 Å². The third-order valence-electron chi connectivity index (χ3n) is 9.30. The second kappa shape index (κ2) is 15.7. The van der Waals surface area contributed by atoms with Crippen molar-refractivity contribution < 1.29 is 24.5 Å². The van der Waals surface area contributed by atoms with Crippen molar-refractivity contribution in [3.05, 3.63) is 130 Å². The maximum absolute atomic E-state index is 12.0. The van der Waals surface area contributed by atoms with Gasteiger partial charge in [0.2, 0.25) is 0 Å². The number of aliphatic hydroxyl groups is 2. The molecule has 2 fully saturated rings. The highest BCUT2D eigenvalue weighted by atomic mass is 35.6. The fourth-order valence-corrected chi connectivity index (χ4v) is 6.78. The van der Waals surface area contributed by atoms with Crippen molar-refractivity contribution in [1.82, 2.24) is 10.2 Å². The minimum Gasteiger partial charge on any atom is -0.392 e. The van der Waals surface area contributed by atoms with Crippen molar-refractivity contribution in [1.29, 1.82) is 0 Å². The average molecular weight is 745 g/mol. The number of halogens is 4. The molecule has 6 rings (SSSR count). The molecule has 258 valence electrons. The number of carbonyl (C=O) groups is 1. The Kier molecular flexibility index (Phi) is 11.6. The number of hydrogen-bond acceptors (Lipinski definition) is 6. The van der Waals surface area contributed by atoms with Gasteiger partial charge in [-0.05, 0) is 64.4 Å². The Labute approximate surface area is 306 Å². The van der Waals surface area contributed by atoms with E-state index in [4.69, 9.17) is 55.9 Å². The minimum absolute atomic E-state index is 0.0175. The van der Waals surface area contributed by atoms with Gasteiger partial charge in [0, 0.05) is 43.2 Å². The van der Waals surface area contributed by atoms with E-state index in [2.05, 4.69) is 10.2 Å². The number of piperidine rings is 1. The van der Waals surface area contributed by atoms with E-state index in [1.807, 2.05) is 97.1 Å². The van der Waals surface area contributed by atoms with Crippen LogP contribution in [0.5, 0.6) is 0 Å². The van der Waals surface area contributed by atoms with Crippen LogP contribution in [0.15, 0.2) is 97.1 Å². The third kappa shape index (κ3) is 9.16. The van der Waals surface area contributed by atoms with Gasteiger partial charge in [-0.2, -0.15) is 0 Å². The molecule has 49 heavy (non-hydrogen) atoms. The first-order valence-corrected chi connectivity index (χ1v) is 17.8. The summed E-state index contributed by atoms with van der Waals surface area (Å²) in [4.78, 5) is 14.3. The fourth-order valence-electron chi connectivity index (χ4n) is 6.45. The highest BCUT2D eigenvalue weighted by molar-refractivity contribution is 6.76. The molecule has 3 N–H and O–H groups in total. The lowest BCUT2D eigenvalue weighted by Gasteiger charge is -2.42. The summed E-state index contributed by atoms with van der Waals surface area (Å²) in [6, 6.07) is 31.2. The van der Waals surface area contributed by atoms with Gasteiger partial charge in [-0.25, -0.2) is 0 Å². The van der Waals surface area contributed by atoms with Gasteiger partial charge in [-0.3, -0.25) is 4.79 Å². The number of ether oxygens (including phenoxy) is 2. The third-order valence-corrected chi connectivity index (χ3v) is 10.1. The molecule has 11 heteroatoms. The Morgan fingerprint density at radius 2 is 1.53 bits per heavy atom. The second-order valence-corrected chi connectivity index (χ2v) is 15.4. The molecule has 2 aliphatic heterocycles. The largest absolute Gasteiger partial charge is 0.392 e. The van der Waals surface area contributed by atoms with Crippen molar-refractivity contribution >= 4 is 52.3 Å². The van der Waals surface area contributed by atoms with E-state index in [-0.39, 0.29) is 25.4 Å². The number of carbonyl (C=O) groups excluding carboxylic acids is 1. The van der Waals surface area contributed by atoms with Crippen molar-refractivity contribution in [2.24, 2.45) is 0 Å². The highest BCUT2D eigenvalue weighted by Gasteiger charge is 2.37. The van der Waals surface area contributed by atoms with Gasteiger partial charge >= 0.3 is 0 Å². The Hall–Kier alpha value is -2.69. The average Bonchev–Trinajstić information content (AvgIpc) is 3.11. The number of benzene rings is 4. The fraction of sp³-hybridized carbons (Fsp3) is 0.342. The van der Waals surface area contributed by atoms with Crippen LogP contribution in [0.4, 0.5) is 0 Å². The SMILES string of the molecule is O=C(NCc1cccc(-c2ccc(C3OC(CN4CCC(O)(c5ccc(Cl)cc5)CC4)CC(c4ccc(CO)cc4)O3)cc2)c1)C(Cl)(Cl)Cl. The predicted octanol–water partition coefficient (Wildman–Crippen LogP) is 8.01. The molecule has 0 aromatic heterocycles. The first-order chi connectivity index (χ1) is 23.5. The molecule has 0 saturated carbocycles. The van der Waals surface area contributed by atoms with E-state index in [9.17, 15) is 15.0 Å². The Bertz CT molecular complexity index is 1710. The summed E-state index contributed by atoms with van der Waals surface area (Å²) in [6.45, 7) is 2.39. The topological polar surface area (TPSA) is 91.3 Å². The summed E-state index contributed by atoms with van der Waals surface area (Å²) in [5, 5.41) is 24.3. The van der Waals surface area contributed by atoms with E-state index in [1.165, 1.54) is 0 Å². The lowest BCUT2D eigenvalue weighted by molar-refractivity contribution is -0.253. The number of amides is 1. The van der Waals surface area contributed by atoms with Crippen LogP contribution in [0, 0.1) is 0 Å². The van der Waals surface area contributed by atoms with E-state index in [0.29, 0.717) is 30.8 Å². The molecule has 0 bridgehead atoms. The van der Waals surface area contributed by atoms with E-state index in [0.717, 1.165) is 52.0 Å². The molecule has 4 aromatic carbocycles. The van der Waals surface area contributed by atoms with Gasteiger partial charge in [0.1, 0.15) is 0 Å². The molecular weight excluding hydrogens is 706 g/mol. The molecule has 7 nitrogen and oxygen atoms in total.